The van der Waals surface area contributed by atoms with Crippen molar-refractivity contribution < 1.29 is 9.47 Å². The van der Waals surface area contributed by atoms with E-state index in [1.165, 1.54) is 12.8 Å². The molecule has 0 aliphatic heterocycles. The molecule has 172 valence electrons. The fourth-order valence-corrected chi connectivity index (χ4v) is 3.83. The highest BCUT2D eigenvalue weighted by Gasteiger charge is 2.20. The summed E-state index contributed by atoms with van der Waals surface area (Å²) in [7, 11) is 1.68. The third kappa shape index (κ3) is 5.81. The maximum absolute atomic E-state index is 6.33. The quantitative estimate of drug-likeness (QED) is 0.251. The Balaban J connectivity index is 0.00000289. The SMILES string of the molecule is CCNC(=NCc1cccc(OC)c1OC1CCCC1)NCc1nnc2ccccn12.I. The number of benzene rings is 1. The van der Waals surface area contributed by atoms with Crippen molar-refractivity contribution in [3.8, 4) is 11.5 Å². The van der Waals surface area contributed by atoms with Gasteiger partial charge in [-0.05, 0) is 50.8 Å². The molecule has 0 unspecified atom stereocenters. The Kier molecular flexibility index (Phi) is 8.95. The molecule has 1 saturated carbocycles. The first-order valence-corrected chi connectivity index (χ1v) is 10.9. The van der Waals surface area contributed by atoms with Crippen molar-refractivity contribution in [2.45, 2.75) is 51.8 Å². The van der Waals surface area contributed by atoms with Crippen LogP contribution in [0.4, 0.5) is 0 Å². The molecule has 8 nitrogen and oxygen atoms in total. The van der Waals surface area contributed by atoms with Crippen molar-refractivity contribution >= 4 is 35.6 Å². The lowest BCUT2D eigenvalue weighted by atomic mass is 10.1. The van der Waals surface area contributed by atoms with Crippen molar-refractivity contribution in [1.82, 2.24) is 25.2 Å². The number of aromatic nitrogens is 3. The van der Waals surface area contributed by atoms with Crippen molar-refractivity contribution in [2.75, 3.05) is 13.7 Å². The number of hydrogen-bond acceptors (Lipinski definition) is 5. The first-order valence-electron chi connectivity index (χ1n) is 10.9. The monoisotopic (exact) mass is 550 g/mol. The molecule has 1 aromatic carbocycles. The number of ether oxygens (including phenoxy) is 2. The van der Waals surface area contributed by atoms with Crippen LogP contribution in [0.1, 0.15) is 44.0 Å². The van der Waals surface area contributed by atoms with Crippen LogP contribution in [0, 0.1) is 0 Å². The van der Waals surface area contributed by atoms with Gasteiger partial charge in [-0.25, -0.2) is 4.99 Å². The number of para-hydroxylation sites is 1. The third-order valence-corrected chi connectivity index (χ3v) is 5.42. The molecule has 2 N–H and O–H groups in total. The Morgan fingerprint density at radius 3 is 2.75 bits per heavy atom. The van der Waals surface area contributed by atoms with E-state index in [4.69, 9.17) is 14.5 Å². The highest BCUT2D eigenvalue weighted by Crippen LogP contribution is 2.35. The Morgan fingerprint density at radius 1 is 1.12 bits per heavy atom. The minimum absolute atomic E-state index is 0. The molecule has 0 radical (unpaired) electrons. The highest BCUT2D eigenvalue weighted by molar-refractivity contribution is 14.0. The second kappa shape index (κ2) is 11.9. The molecule has 2 aromatic heterocycles. The zero-order valence-corrected chi connectivity index (χ0v) is 20.9. The van der Waals surface area contributed by atoms with Gasteiger partial charge >= 0.3 is 0 Å². The van der Waals surface area contributed by atoms with Crippen LogP contribution in [0.15, 0.2) is 47.6 Å². The van der Waals surface area contributed by atoms with Crippen molar-refractivity contribution in [3.63, 3.8) is 0 Å². The second-order valence-corrected chi connectivity index (χ2v) is 7.57. The maximum atomic E-state index is 6.33. The number of pyridine rings is 1. The summed E-state index contributed by atoms with van der Waals surface area (Å²) in [6.07, 6.45) is 6.85. The van der Waals surface area contributed by atoms with Crippen molar-refractivity contribution in [2.24, 2.45) is 4.99 Å². The van der Waals surface area contributed by atoms with Gasteiger partial charge in [0.15, 0.2) is 28.9 Å². The molecule has 9 heteroatoms. The van der Waals surface area contributed by atoms with E-state index in [-0.39, 0.29) is 30.1 Å². The van der Waals surface area contributed by atoms with Crippen LogP contribution in [-0.4, -0.2) is 40.3 Å². The van der Waals surface area contributed by atoms with Crippen LogP contribution in [0.2, 0.25) is 0 Å². The predicted octanol–water partition coefficient (Wildman–Crippen LogP) is 3.93. The minimum Gasteiger partial charge on any atom is -0.493 e. The molecule has 4 rings (SSSR count). The first kappa shape index (κ1) is 24.1. The summed E-state index contributed by atoms with van der Waals surface area (Å²) in [5, 5.41) is 15.1. The van der Waals surface area contributed by atoms with Gasteiger partial charge in [0.2, 0.25) is 0 Å². The Hall–Kier alpha value is -2.56. The topological polar surface area (TPSA) is 85.1 Å². The number of halogens is 1. The number of guanidine groups is 1. The Morgan fingerprint density at radius 2 is 1.97 bits per heavy atom. The Labute approximate surface area is 205 Å². The van der Waals surface area contributed by atoms with E-state index >= 15 is 0 Å². The predicted molar refractivity (Wildman–Crippen MR) is 136 cm³/mol. The maximum Gasteiger partial charge on any atom is 0.191 e. The zero-order valence-electron chi connectivity index (χ0n) is 18.6. The third-order valence-electron chi connectivity index (χ3n) is 5.42. The lowest BCUT2D eigenvalue weighted by Crippen LogP contribution is -2.37. The molecule has 0 atom stereocenters. The molecule has 32 heavy (non-hydrogen) atoms. The van der Waals surface area contributed by atoms with E-state index in [9.17, 15) is 0 Å². The molecule has 3 aromatic rings. The summed E-state index contributed by atoms with van der Waals surface area (Å²) in [6, 6.07) is 11.8. The summed E-state index contributed by atoms with van der Waals surface area (Å²) >= 11 is 0. The molecule has 1 fully saturated rings. The molecule has 0 spiro atoms. The Bertz CT molecular complexity index is 1030. The van der Waals surface area contributed by atoms with Gasteiger partial charge < -0.3 is 20.1 Å². The van der Waals surface area contributed by atoms with Crippen LogP contribution in [0.3, 0.4) is 0 Å². The van der Waals surface area contributed by atoms with Crippen molar-refractivity contribution in [1.29, 1.82) is 0 Å². The standard InChI is InChI=1S/C23H30N6O2.HI/c1-3-24-23(26-16-21-28-27-20-13-6-7-14-29(20)21)25-15-17-9-8-12-19(30-2)22(17)31-18-10-4-5-11-18;/h6-9,12-14,18H,3-5,10-11,15-16H2,1-2H3,(H2,24,25,26);1H. The molecule has 0 amide bonds. The van der Waals surface area contributed by atoms with E-state index in [0.717, 1.165) is 47.9 Å². The van der Waals surface area contributed by atoms with E-state index in [1.807, 2.05) is 53.9 Å². The van der Waals surface area contributed by atoms with E-state index in [2.05, 4.69) is 20.8 Å². The van der Waals surface area contributed by atoms with Crippen molar-refractivity contribution in [3.05, 3.63) is 54.0 Å². The minimum atomic E-state index is 0. The second-order valence-electron chi connectivity index (χ2n) is 7.57. The fraction of sp³-hybridized carbons (Fsp3) is 0.435. The molecule has 1 aliphatic rings. The number of nitrogens with one attached hydrogen (secondary N) is 2. The van der Waals surface area contributed by atoms with E-state index in [0.29, 0.717) is 19.0 Å². The van der Waals surface area contributed by atoms with Gasteiger partial charge in [0.25, 0.3) is 0 Å². The van der Waals surface area contributed by atoms with Gasteiger partial charge in [-0.2, -0.15) is 0 Å². The summed E-state index contributed by atoms with van der Waals surface area (Å²) in [4.78, 5) is 4.78. The molecule has 0 bridgehead atoms. The van der Waals surface area contributed by atoms with Gasteiger partial charge in [-0.15, -0.1) is 34.2 Å². The average Bonchev–Trinajstić information content (AvgIpc) is 3.46. The van der Waals surface area contributed by atoms with Gasteiger partial charge in [0.05, 0.1) is 26.3 Å². The molecular weight excluding hydrogens is 519 g/mol. The van der Waals surface area contributed by atoms with Gasteiger partial charge in [0, 0.05) is 18.3 Å². The van der Waals surface area contributed by atoms with Crippen LogP contribution >= 0.6 is 24.0 Å². The summed E-state index contributed by atoms with van der Waals surface area (Å²) in [6.45, 7) is 3.80. The summed E-state index contributed by atoms with van der Waals surface area (Å²) in [5.74, 6) is 3.10. The van der Waals surface area contributed by atoms with E-state index in [1.54, 1.807) is 7.11 Å². The van der Waals surface area contributed by atoms with Gasteiger partial charge in [0.1, 0.15) is 0 Å². The highest BCUT2D eigenvalue weighted by atomic mass is 127. The molecule has 1 aliphatic carbocycles. The lowest BCUT2D eigenvalue weighted by molar-refractivity contribution is 0.198. The number of fused-ring (bicyclic) bond motifs is 1. The summed E-state index contributed by atoms with van der Waals surface area (Å²) < 4.78 is 13.9. The van der Waals surface area contributed by atoms with Crippen LogP contribution in [0.25, 0.3) is 5.65 Å². The van der Waals surface area contributed by atoms with Crippen LogP contribution < -0.4 is 20.1 Å². The number of rotatable bonds is 8. The summed E-state index contributed by atoms with van der Waals surface area (Å²) in [5.41, 5.74) is 1.84. The zero-order chi connectivity index (χ0) is 21.5. The van der Waals surface area contributed by atoms with Gasteiger partial charge in [-0.1, -0.05) is 18.2 Å². The smallest absolute Gasteiger partial charge is 0.191 e. The normalized spacial score (nSPS) is 14.2. The van der Waals surface area contributed by atoms with E-state index < -0.39 is 0 Å². The van der Waals surface area contributed by atoms with Crippen LogP contribution in [-0.2, 0) is 13.1 Å². The lowest BCUT2D eigenvalue weighted by Gasteiger charge is -2.19. The largest absolute Gasteiger partial charge is 0.493 e. The number of methoxy groups -OCH3 is 1. The van der Waals surface area contributed by atoms with Crippen LogP contribution in [0.5, 0.6) is 11.5 Å². The molecule has 0 saturated heterocycles. The molecule has 2 heterocycles. The number of aliphatic imine (C=N–C) groups is 1. The number of hydrogen-bond donors (Lipinski definition) is 2. The molecular formula is C23H31IN6O2. The first-order chi connectivity index (χ1) is 15.3. The fourth-order valence-electron chi connectivity index (χ4n) is 3.83. The van der Waals surface area contributed by atoms with Gasteiger partial charge in [-0.3, -0.25) is 4.40 Å². The average molecular weight is 550 g/mol. The number of nitrogens with zero attached hydrogens (tertiary/aromatic N) is 4.